The van der Waals surface area contributed by atoms with E-state index in [-0.39, 0.29) is 6.04 Å². The van der Waals surface area contributed by atoms with Crippen LogP contribution in [-0.4, -0.2) is 19.3 Å². The third-order valence-electron chi connectivity index (χ3n) is 3.62. The molecular weight excluding hydrogens is 210 g/mol. The summed E-state index contributed by atoms with van der Waals surface area (Å²) in [6.45, 7) is 3.47. The second-order valence-electron chi connectivity index (χ2n) is 4.94. The Morgan fingerprint density at radius 2 is 2.24 bits per heavy atom. The van der Waals surface area contributed by atoms with E-state index in [2.05, 4.69) is 24.3 Å². The smallest absolute Gasteiger partial charge is 0.0617 e. The van der Waals surface area contributed by atoms with Crippen LogP contribution in [0.15, 0.2) is 24.3 Å². The van der Waals surface area contributed by atoms with Gasteiger partial charge in [-0.1, -0.05) is 24.3 Å². The summed E-state index contributed by atoms with van der Waals surface area (Å²) in [7, 11) is 0. The molecule has 1 aromatic rings. The van der Waals surface area contributed by atoms with E-state index in [0.717, 1.165) is 13.0 Å². The molecule has 1 aliphatic carbocycles. The van der Waals surface area contributed by atoms with E-state index in [1.54, 1.807) is 0 Å². The zero-order valence-electron chi connectivity index (χ0n) is 10.7. The van der Waals surface area contributed by atoms with Crippen molar-refractivity contribution in [2.75, 3.05) is 13.2 Å². The van der Waals surface area contributed by atoms with Crippen molar-refractivity contribution in [2.24, 2.45) is 5.73 Å². The molecule has 2 nitrogen and oxygen atoms in total. The lowest BCUT2D eigenvalue weighted by atomic mass is 9.80. The van der Waals surface area contributed by atoms with Crippen molar-refractivity contribution in [2.45, 2.75) is 44.6 Å². The molecule has 1 aromatic carbocycles. The number of nitrogens with two attached hydrogens (primary N) is 1. The lowest BCUT2D eigenvalue weighted by molar-refractivity contribution is 0.128. The second-order valence-corrected chi connectivity index (χ2v) is 4.94. The predicted octanol–water partition coefficient (Wildman–Crippen LogP) is 2.86. The van der Waals surface area contributed by atoms with E-state index >= 15 is 0 Å². The van der Waals surface area contributed by atoms with Gasteiger partial charge in [0.25, 0.3) is 0 Å². The van der Waals surface area contributed by atoms with Crippen molar-refractivity contribution >= 4 is 0 Å². The van der Waals surface area contributed by atoms with Gasteiger partial charge in [-0.05, 0) is 49.7 Å². The van der Waals surface area contributed by atoms with Crippen molar-refractivity contribution in [1.29, 1.82) is 0 Å². The molecule has 17 heavy (non-hydrogen) atoms. The maximum absolute atomic E-state index is 6.12. The highest BCUT2D eigenvalue weighted by atomic mass is 16.5. The zero-order chi connectivity index (χ0) is 12.1. The number of hydrogen-bond donors (Lipinski definition) is 1. The molecule has 2 rings (SSSR count). The second kappa shape index (κ2) is 6.18. The molecule has 2 unspecified atom stereocenters. The minimum Gasteiger partial charge on any atom is -0.380 e. The largest absolute Gasteiger partial charge is 0.380 e. The molecule has 2 atom stereocenters. The summed E-state index contributed by atoms with van der Waals surface area (Å²) in [5.74, 6) is 0.635. The minimum absolute atomic E-state index is 0.172. The van der Waals surface area contributed by atoms with Crippen LogP contribution in [0.4, 0.5) is 0 Å². The van der Waals surface area contributed by atoms with Crippen molar-refractivity contribution in [3.05, 3.63) is 35.4 Å². The zero-order valence-corrected chi connectivity index (χ0v) is 10.7. The van der Waals surface area contributed by atoms with E-state index in [9.17, 15) is 0 Å². The highest BCUT2D eigenvalue weighted by Crippen LogP contribution is 2.34. The first-order chi connectivity index (χ1) is 8.31. The van der Waals surface area contributed by atoms with E-state index < -0.39 is 0 Å². The summed E-state index contributed by atoms with van der Waals surface area (Å²) in [5, 5.41) is 0. The number of ether oxygens (including phenoxy) is 1. The Bertz CT molecular complexity index is 351. The third-order valence-corrected chi connectivity index (χ3v) is 3.62. The summed E-state index contributed by atoms with van der Waals surface area (Å²) in [4.78, 5) is 0. The van der Waals surface area contributed by atoms with E-state index in [4.69, 9.17) is 10.5 Å². The average molecular weight is 233 g/mol. The highest BCUT2D eigenvalue weighted by Gasteiger charge is 2.21. The van der Waals surface area contributed by atoms with Gasteiger partial charge in [-0.2, -0.15) is 0 Å². The summed E-state index contributed by atoms with van der Waals surface area (Å²) >= 11 is 0. The number of aryl methyl sites for hydroxylation is 1. The van der Waals surface area contributed by atoms with E-state index in [0.29, 0.717) is 12.5 Å². The number of benzene rings is 1. The fourth-order valence-electron chi connectivity index (χ4n) is 2.80. The van der Waals surface area contributed by atoms with Crippen LogP contribution in [-0.2, 0) is 11.2 Å². The van der Waals surface area contributed by atoms with Gasteiger partial charge in [0.15, 0.2) is 0 Å². The SMILES string of the molecule is CCOCC(N)CC1CCCc2ccccc21. The van der Waals surface area contributed by atoms with Crippen molar-refractivity contribution in [3.8, 4) is 0 Å². The molecule has 0 saturated carbocycles. The van der Waals surface area contributed by atoms with Crippen molar-refractivity contribution in [3.63, 3.8) is 0 Å². The predicted molar refractivity (Wildman–Crippen MR) is 71.2 cm³/mol. The Morgan fingerprint density at radius 1 is 1.41 bits per heavy atom. The number of hydrogen-bond acceptors (Lipinski definition) is 2. The van der Waals surface area contributed by atoms with Crippen LogP contribution in [0.25, 0.3) is 0 Å². The fourth-order valence-corrected chi connectivity index (χ4v) is 2.80. The lowest BCUT2D eigenvalue weighted by Gasteiger charge is -2.27. The molecule has 0 saturated heterocycles. The van der Waals surface area contributed by atoms with Gasteiger partial charge in [0.2, 0.25) is 0 Å². The van der Waals surface area contributed by atoms with Gasteiger partial charge in [-0.3, -0.25) is 0 Å². The first-order valence-corrected chi connectivity index (χ1v) is 6.72. The molecule has 2 N–H and O–H groups in total. The summed E-state index contributed by atoms with van der Waals surface area (Å²) in [6, 6.07) is 8.99. The topological polar surface area (TPSA) is 35.2 Å². The summed E-state index contributed by atoms with van der Waals surface area (Å²) in [5.41, 5.74) is 9.16. The molecule has 2 heteroatoms. The van der Waals surface area contributed by atoms with Gasteiger partial charge in [-0.25, -0.2) is 0 Å². The normalized spacial score (nSPS) is 20.9. The molecule has 1 aliphatic rings. The van der Waals surface area contributed by atoms with Gasteiger partial charge < -0.3 is 10.5 Å². The first-order valence-electron chi connectivity index (χ1n) is 6.72. The summed E-state index contributed by atoms with van der Waals surface area (Å²) in [6.07, 6.45) is 4.85. The minimum atomic E-state index is 0.172. The molecule has 0 spiro atoms. The quantitative estimate of drug-likeness (QED) is 0.848. The average Bonchev–Trinajstić information content (AvgIpc) is 2.37. The number of fused-ring (bicyclic) bond motifs is 1. The van der Waals surface area contributed by atoms with Gasteiger partial charge in [-0.15, -0.1) is 0 Å². The Hall–Kier alpha value is -0.860. The Balaban J connectivity index is 1.98. The third kappa shape index (κ3) is 3.30. The molecular formula is C15H23NO. The molecule has 0 bridgehead atoms. The van der Waals surface area contributed by atoms with Gasteiger partial charge >= 0.3 is 0 Å². The van der Waals surface area contributed by atoms with Crippen LogP contribution in [0, 0.1) is 0 Å². The molecule has 0 fully saturated rings. The van der Waals surface area contributed by atoms with Crippen molar-refractivity contribution < 1.29 is 4.74 Å². The number of rotatable bonds is 5. The summed E-state index contributed by atoms with van der Waals surface area (Å²) < 4.78 is 5.40. The van der Waals surface area contributed by atoms with Crippen LogP contribution in [0.2, 0.25) is 0 Å². The molecule has 0 heterocycles. The van der Waals surface area contributed by atoms with Gasteiger partial charge in [0.05, 0.1) is 6.61 Å². The maximum atomic E-state index is 6.12. The lowest BCUT2D eigenvalue weighted by Crippen LogP contribution is -2.29. The maximum Gasteiger partial charge on any atom is 0.0617 e. The van der Waals surface area contributed by atoms with Crippen molar-refractivity contribution in [1.82, 2.24) is 0 Å². The van der Waals surface area contributed by atoms with Crippen LogP contribution >= 0.6 is 0 Å². The highest BCUT2D eigenvalue weighted by molar-refractivity contribution is 5.32. The Kier molecular flexibility index (Phi) is 4.57. The molecule has 0 aromatic heterocycles. The molecule has 0 aliphatic heterocycles. The molecule has 94 valence electrons. The van der Waals surface area contributed by atoms with Crippen LogP contribution in [0.3, 0.4) is 0 Å². The van der Waals surface area contributed by atoms with Gasteiger partial charge in [0.1, 0.15) is 0 Å². The van der Waals surface area contributed by atoms with Crippen LogP contribution in [0.5, 0.6) is 0 Å². The fraction of sp³-hybridized carbons (Fsp3) is 0.600. The molecule has 0 amide bonds. The van der Waals surface area contributed by atoms with Crippen LogP contribution in [0.1, 0.15) is 43.2 Å². The Morgan fingerprint density at radius 3 is 3.06 bits per heavy atom. The van der Waals surface area contributed by atoms with E-state index in [1.807, 2.05) is 6.92 Å². The van der Waals surface area contributed by atoms with Crippen LogP contribution < -0.4 is 5.73 Å². The van der Waals surface area contributed by atoms with Gasteiger partial charge in [0, 0.05) is 12.6 Å². The van der Waals surface area contributed by atoms with E-state index in [1.165, 1.54) is 30.4 Å². The Labute approximate surface area is 104 Å². The monoisotopic (exact) mass is 233 g/mol. The first kappa shape index (κ1) is 12.6. The molecule has 0 radical (unpaired) electrons. The standard InChI is InChI=1S/C15H23NO/c1-2-17-11-14(16)10-13-8-5-7-12-6-3-4-9-15(12)13/h3-4,6,9,13-14H,2,5,7-8,10-11,16H2,1H3.